The van der Waals surface area contributed by atoms with Gasteiger partial charge in [-0.3, -0.25) is 0 Å². The normalized spacial score (nSPS) is 15.1. The van der Waals surface area contributed by atoms with Gasteiger partial charge < -0.3 is 21.1 Å². The number of alkyl halides is 3. The number of carboxylic acid groups (broad SMARTS) is 2. The Kier molecular flexibility index (Phi) is 6.33. The third-order valence-electron chi connectivity index (χ3n) is 2.44. The zero-order chi connectivity index (χ0) is 16.8. The first kappa shape index (κ1) is 18.9. The lowest BCUT2D eigenvalue weighted by molar-refractivity contribution is -0.192. The first-order valence-corrected chi connectivity index (χ1v) is 5.46. The maximum atomic E-state index is 10.6. The number of carboxylic acids is 2. The molecule has 2 atom stereocenters. The number of nitrogens with two attached hydrogens (primary N) is 1. The van der Waals surface area contributed by atoms with Gasteiger partial charge in [-0.1, -0.05) is 30.3 Å². The fraction of sp³-hybridized carbons (Fsp3) is 0.333. The molecule has 21 heavy (non-hydrogen) atoms. The Morgan fingerprint density at radius 2 is 1.52 bits per heavy atom. The Balaban J connectivity index is 0.000000486. The van der Waals surface area contributed by atoms with Gasteiger partial charge in [-0.15, -0.1) is 0 Å². The molecule has 5 N–H and O–H groups in total. The summed E-state index contributed by atoms with van der Waals surface area (Å²) in [5.41, 5.74) is 5.07. The maximum Gasteiger partial charge on any atom is 0.490 e. The fourth-order valence-electron chi connectivity index (χ4n) is 1.21. The van der Waals surface area contributed by atoms with Crippen molar-refractivity contribution >= 4 is 11.9 Å². The molecule has 0 spiro atoms. The summed E-state index contributed by atoms with van der Waals surface area (Å²) < 4.78 is 31.7. The van der Waals surface area contributed by atoms with Crippen molar-refractivity contribution in [3.05, 3.63) is 35.9 Å². The van der Waals surface area contributed by atoms with Crippen LogP contribution in [-0.4, -0.2) is 39.5 Å². The molecular weight excluding hydrogens is 295 g/mol. The molecule has 0 amide bonds. The maximum absolute atomic E-state index is 10.6. The van der Waals surface area contributed by atoms with Crippen LogP contribution in [0.4, 0.5) is 13.2 Å². The minimum absolute atomic E-state index is 0.593. The largest absolute Gasteiger partial charge is 0.490 e. The number of carbonyl (C=O) groups is 2. The number of hydrogen-bond acceptors (Lipinski definition) is 4. The van der Waals surface area contributed by atoms with Crippen LogP contribution < -0.4 is 5.73 Å². The molecule has 1 rings (SSSR count). The average molecular weight is 309 g/mol. The SMILES string of the molecule is C[C@@](N)(c1ccccc1)[C@H](O)C(=O)O.O=C(O)C(F)(F)F. The summed E-state index contributed by atoms with van der Waals surface area (Å²) in [5, 5.41) is 25.2. The molecule has 1 aromatic carbocycles. The second-order valence-corrected chi connectivity index (χ2v) is 4.19. The molecule has 0 aliphatic rings. The highest BCUT2D eigenvalue weighted by Crippen LogP contribution is 2.21. The molecule has 0 aliphatic heterocycles. The zero-order valence-corrected chi connectivity index (χ0v) is 10.8. The topological polar surface area (TPSA) is 121 Å². The van der Waals surface area contributed by atoms with Gasteiger partial charge in [0.25, 0.3) is 0 Å². The Morgan fingerprint density at radius 3 is 1.81 bits per heavy atom. The predicted molar refractivity (Wildman–Crippen MR) is 65.3 cm³/mol. The number of aliphatic hydroxyl groups excluding tert-OH is 1. The Labute approximate surface area is 117 Å². The molecule has 0 heterocycles. The van der Waals surface area contributed by atoms with E-state index in [0.717, 1.165) is 0 Å². The van der Waals surface area contributed by atoms with Gasteiger partial charge in [0, 0.05) is 0 Å². The summed E-state index contributed by atoms with van der Waals surface area (Å²) >= 11 is 0. The van der Waals surface area contributed by atoms with Crippen LogP contribution in [0.25, 0.3) is 0 Å². The molecular formula is C12H14F3NO5. The highest BCUT2D eigenvalue weighted by Gasteiger charge is 2.38. The first-order chi connectivity index (χ1) is 9.40. The molecule has 0 saturated heterocycles. The van der Waals surface area contributed by atoms with Gasteiger partial charge >= 0.3 is 18.1 Å². The third-order valence-corrected chi connectivity index (χ3v) is 2.44. The summed E-state index contributed by atoms with van der Waals surface area (Å²) in [6.07, 6.45) is -6.69. The van der Waals surface area contributed by atoms with Crippen LogP contribution in [0.3, 0.4) is 0 Å². The van der Waals surface area contributed by atoms with Crippen LogP contribution in [0.2, 0.25) is 0 Å². The first-order valence-electron chi connectivity index (χ1n) is 5.46. The standard InChI is InChI=1S/C10H13NO3.C2HF3O2/c1-10(11,8(12)9(13)14)7-5-3-2-4-6-7;3-2(4,5)1(6)7/h2-6,8,12H,11H2,1H3,(H,13,14);(H,6,7)/t8-,10-;/m1./s1. The molecule has 0 bridgehead atoms. The van der Waals surface area contributed by atoms with E-state index in [-0.39, 0.29) is 0 Å². The molecule has 6 nitrogen and oxygen atoms in total. The van der Waals surface area contributed by atoms with Crippen molar-refractivity contribution in [3.63, 3.8) is 0 Å². The Bertz CT molecular complexity index is 487. The molecule has 0 unspecified atom stereocenters. The molecule has 1 aromatic rings. The van der Waals surface area contributed by atoms with Crippen LogP contribution in [0.5, 0.6) is 0 Å². The number of aliphatic hydroxyl groups is 1. The van der Waals surface area contributed by atoms with Crippen LogP contribution in [0.1, 0.15) is 12.5 Å². The molecule has 0 radical (unpaired) electrons. The number of halogens is 3. The number of benzene rings is 1. The van der Waals surface area contributed by atoms with Crippen LogP contribution >= 0.6 is 0 Å². The Hall–Kier alpha value is -2.13. The fourth-order valence-corrected chi connectivity index (χ4v) is 1.21. The number of aliphatic carboxylic acids is 2. The van der Waals surface area contributed by atoms with Crippen molar-refractivity contribution in [1.29, 1.82) is 0 Å². The van der Waals surface area contributed by atoms with Gasteiger partial charge in [0.1, 0.15) is 0 Å². The van der Waals surface area contributed by atoms with Crippen molar-refractivity contribution in [2.75, 3.05) is 0 Å². The van der Waals surface area contributed by atoms with E-state index in [0.29, 0.717) is 5.56 Å². The zero-order valence-electron chi connectivity index (χ0n) is 10.8. The monoisotopic (exact) mass is 309 g/mol. The van der Waals surface area contributed by atoms with E-state index in [1.807, 2.05) is 0 Å². The van der Waals surface area contributed by atoms with Crippen molar-refractivity contribution in [2.45, 2.75) is 24.7 Å². The average Bonchev–Trinajstić information content (AvgIpc) is 2.38. The van der Waals surface area contributed by atoms with Crippen LogP contribution in [0.15, 0.2) is 30.3 Å². The minimum Gasteiger partial charge on any atom is -0.479 e. The lowest BCUT2D eigenvalue weighted by Gasteiger charge is -2.27. The summed E-state index contributed by atoms with van der Waals surface area (Å²) in [5.74, 6) is -4.08. The molecule has 0 aromatic heterocycles. The minimum atomic E-state index is -5.08. The second kappa shape index (κ2) is 7.04. The van der Waals surface area contributed by atoms with E-state index in [2.05, 4.69) is 0 Å². The summed E-state index contributed by atoms with van der Waals surface area (Å²) in [7, 11) is 0. The van der Waals surface area contributed by atoms with Crippen molar-refractivity contribution in [3.8, 4) is 0 Å². The van der Waals surface area contributed by atoms with Crippen LogP contribution in [0, 0.1) is 0 Å². The van der Waals surface area contributed by atoms with Crippen molar-refractivity contribution < 1.29 is 38.1 Å². The Morgan fingerprint density at radius 1 is 1.14 bits per heavy atom. The van der Waals surface area contributed by atoms with E-state index < -0.39 is 29.8 Å². The molecule has 0 saturated carbocycles. The molecule has 9 heteroatoms. The summed E-state index contributed by atoms with van der Waals surface area (Å²) in [4.78, 5) is 19.5. The van der Waals surface area contributed by atoms with Gasteiger partial charge in [0.2, 0.25) is 0 Å². The van der Waals surface area contributed by atoms with Gasteiger partial charge in [-0.25, -0.2) is 9.59 Å². The van der Waals surface area contributed by atoms with E-state index in [1.165, 1.54) is 6.92 Å². The molecule has 0 aliphatic carbocycles. The van der Waals surface area contributed by atoms with Crippen molar-refractivity contribution in [2.24, 2.45) is 5.73 Å². The summed E-state index contributed by atoms with van der Waals surface area (Å²) in [6, 6.07) is 8.66. The van der Waals surface area contributed by atoms with E-state index in [1.54, 1.807) is 30.3 Å². The van der Waals surface area contributed by atoms with Crippen molar-refractivity contribution in [1.82, 2.24) is 0 Å². The van der Waals surface area contributed by atoms with Gasteiger partial charge in [0.15, 0.2) is 6.10 Å². The van der Waals surface area contributed by atoms with Gasteiger partial charge in [-0.2, -0.15) is 13.2 Å². The number of rotatable bonds is 3. The summed E-state index contributed by atoms with van der Waals surface area (Å²) in [6.45, 7) is 1.49. The lowest BCUT2D eigenvalue weighted by atomic mass is 9.87. The molecule has 0 fully saturated rings. The number of hydrogen-bond donors (Lipinski definition) is 4. The molecule has 118 valence electrons. The van der Waals surface area contributed by atoms with E-state index >= 15 is 0 Å². The van der Waals surface area contributed by atoms with Crippen LogP contribution in [-0.2, 0) is 15.1 Å². The second-order valence-electron chi connectivity index (χ2n) is 4.19. The quantitative estimate of drug-likeness (QED) is 0.659. The van der Waals surface area contributed by atoms with E-state index in [4.69, 9.17) is 20.7 Å². The highest BCUT2D eigenvalue weighted by atomic mass is 19.4. The smallest absolute Gasteiger partial charge is 0.479 e. The third kappa shape index (κ3) is 5.79. The van der Waals surface area contributed by atoms with Gasteiger partial charge in [-0.05, 0) is 12.5 Å². The highest BCUT2D eigenvalue weighted by molar-refractivity contribution is 5.74. The lowest BCUT2D eigenvalue weighted by Crippen LogP contribution is -2.49. The predicted octanol–water partition coefficient (Wildman–Crippen LogP) is 0.939. The van der Waals surface area contributed by atoms with E-state index in [9.17, 15) is 23.1 Å². The van der Waals surface area contributed by atoms with Gasteiger partial charge in [0.05, 0.1) is 5.54 Å².